The zero-order valence-electron chi connectivity index (χ0n) is 11.5. The molecule has 1 aromatic carbocycles. The van der Waals surface area contributed by atoms with Crippen LogP contribution in [-0.4, -0.2) is 19.3 Å². The number of rotatable bonds is 5. The lowest BCUT2D eigenvalue weighted by Crippen LogP contribution is -2.19. The quantitative estimate of drug-likeness (QED) is 0.849. The Kier molecular flexibility index (Phi) is 5.53. The lowest BCUT2D eigenvalue weighted by atomic mass is 10.1. The van der Waals surface area contributed by atoms with Gasteiger partial charge in [-0.1, -0.05) is 25.5 Å². The summed E-state index contributed by atoms with van der Waals surface area (Å²) in [4.78, 5) is 0. The van der Waals surface area contributed by atoms with Crippen LogP contribution in [0, 0.1) is 0 Å². The topological polar surface area (TPSA) is 21.3 Å². The molecule has 1 unspecified atom stereocenters. The van der Waals surface area contributed by atoms with Crippen molar-refractivity contribution < 1.29 is 4.74 Å². The summed E-state index contributed by atoms with van der Waals surface area (Å²) >= 11 is 0. The van der Waals surface area contributed by atoms with Crippen LogP contribution in [0.2, 0.25) is 0 Å². The highest BCUT2D eigenvalue weighted by molar-refractivity contribution is 5.45. The van der Waals surface area contributed by atoms with Gasteiger partial charge in [-0.25, -0.2) is 0 Å². The van der Waals surface area contributed by atoms with E-state index in [1.165, 1.54) is 43.4 Å². The molecule has 1 aromatic rings. The molecule has 0 spiro atoms. The average Bonchev–Trinajstić information content (AvgIpc) is 2.67. The molecule has 0 aliphatic carbocycles. The standard InChI is InChI=1S/C16H25NO/c1-2-3-5-14-7-9-16(10-8-14)17-15-6-4-12-18-13-11-15/h7-10,15,17H,2-6,11-13H2,1H3. The first-order chi connectivity index (χ1) is 8.88. The van der Waals surface area contributed by atoms with Crippen LogP contribution in [0.4, 0.5) is 5.69 Å². The SMILES string of the molecule is CCCCc1ccc(NC2CCCOCC2)cc1. The van der Waals surface area contributed by atoms with Gasteiger partial charge in [0, 0.05) is 24.9 Å². The zero-order valence-corrected chi connectivity index (χ0v) is 11.5. The normalized spacial score (nSPS) is 20.4. The molecule has 1 heterocycles. The number of unbranched alkanes of at least 4 members (excludes halogenated alkanes) is 1. The summed E-state index contributed by atoms with van der Waals surface area (Å²) in [6, 6.07) is 9.53. The van der Waals surface area contributed by atoms with Gasteiger partial charge in [-0.05, 0) is 49.8 Å². The summed E-state index contributed by atoms with van der Waals surface area (Å²) in [6.45, 7) is 4.06. The van der Waals surface area contributed by atoms with Crippen molar-refractivity contribution in [1.82, 2.24) is 0 Å². The molecular formula is C16H25NO. The summed E-state index contributed by atoms with van der Waals surface area (Å²) in [6.07, 6.45) is 7.27. The molecule has 18 heavy (non-hydrogen) atoms. The van der Waals surface area contributed by atoms with E-state index in [-0.39, 0.29) is 0 Å². The van der Waals surface area contributed by atoms with Crippen LogP contribution in [-0.2, 0) is 11.2 Å². The Morgan fingerprint density at radius 3 is 2.78 bits per heavy atom. The van der Waals surface area contributed by atoms with Crippen molar-refractivity contribution in [3.63, 3.8) is 0 Å². The van der Waals surface area contributed by atoms with Gasteiger partial charge in [0.15, 0.2) is 0 Å². The minimum Gasteiger partial charge on any atom is -0.382 e. The Labute approximate surface area is 111 Å². The Morgan fingerprint density at radius 1 is 1.17 bits per heavy atom. The number of hydrogen-bond donors (Lipinski definition) is 1. The van der Waals surface area contributed by atoms with E-state index >= 15 is 0 Å². The summed E-state index contributed by atoms with van der Waals surface area (Å²) in [5.74, 6) is 0. The van der Waals surface area contributed by atoms with Crippen molar-refractivity contribution in [2.75, 3.05) is 18.5 Å². The van der Waals surface area contributed by atoms with E-state index in [1.807, 2.05) is 0 Å². The van der Waals surface area contributed by atoms with Gasteiger partial charge < -0.3 is 10.1 Å². The third kappa shape index (κ3) is 4.34. The number of aryl methyl sites for hydroxylation is 1. The highest BCUT2D eigenvalue weighted by Gasteiger charge is 2.11. The summed E-state index contributed by atoms with van der Waals surface area (Å²) < 4.78 is 5.49. The lowest BCUT2D eigenvalue weighted by Gasteiger charge is -2.17. The van der Waals surface area contributed by atoms with E-state index < -0.39 is 0 Å². The third-order valence-electron chi connectivity index (χ3n) is 3.60. The van der Waals surface area contributed by atoms with Gasteiger partial charge in [0.1, 0.15) is 0 Å². The molecule has 2 nitrogen and oxygen atoms in total. The van der Waals surface area contributed by atoms with E-state index in [2.05, 4.69) is 36.5 Å². The predicted octanol–water partition coefficient (Wildman–Crippen LogP) is 4.01. The first kappa shape index (κ1) is 13.4. The van der Waals surface area contributed by atoms with Gasteiger partial charge >= 0.3 is 0 Å². The van der Waals surface area contributed by atoms with Crippen LogP contribution in [0.3, 0.4) is 0 Å². The Morgan fingerprint density at radius 2 is 2.00 bits per heavy atom. The van der Waals surface area contributed by atoms with Crippen LogP contribution >= 0.6 is 0 Å². The van der Waals surface area contributed by atoms with Crippen molar-refractivity contribution in [3.8, 4) is 0 Å². The summed E-state index contributed by atoms with van der Waals surface area (Å²) in [7, 11) is 0. The van der Waals surface area contributed by atoms with E-state index in [4.69, 9.17) is 4.74 Å². The third-order valence-corrected chi connectivity index (χ3v) is 3.60. The summed E-state index contributed by atoms with van der Waals surface area (Å²) in [5, 5.41) is 3.62. The number of ether oxygens (including phenoxy) is 1. The maximum absolute atomic E-state index is 5.49. The minimum absolute atomic E-state index is 0.578. The molecular weight excluding hydrogens is 222 g/mol. The van der Waals surface area contributed by atoms with Crippen LogP contribution in [0.15, 0.2) is 24.3 Å². The fourth-order valence-corrected chi connectivity index (χ4v) is 2.43. The van der Waals surface area contributed by atoms with Crippen LogP contribution in [0.25, 0.3) is 0 Å². The summed E-state index contributed by atoms with van der Waals surface area (Å²) in [5.41, 5.74) is 2.70. The first-order valence-corrected chi connectivity index (χ1v) is 7.31. The molecule has 1 saturated heterocycles. The van der Waals surface area contributed by atoms with Crippen LogP contribution in [0.5, 0.6) is 0 Å². The predicted molar refractivity (Wildman–Crippen MR) is 77.1 cm³/mol. The van der Waals surface area contributed by atoms with Gasteiger partial charge in [0.2, 0.25) is 0 Å². The molecule has 2 heteroatoms. The fourth-order valence-electron chi connectivity index (χ4n) is 2.43. The molecule has 1 aliphatic heterocycles. The molecule has 1 N–H and O–H groups in total. The van der Waals surface area contributed by atoms with Crippen molar-refractivity contribution in [1.29, 1.82) is 0 Å². The molecule has 0 saturated carbocycles. The molecule has 0 aromatic heterocycles. The van der Waals surface area contributed by atoms with Crippen molar-refractivity contribution in [3.05, 3.63) is 29.8 Å². The molecule has 0 bridgehead atoms. The van der Waals surface area contributed by atoms with E-state index in [9.17, 15) is 0 Å². The molecule has 1 fully saturated rings. The van der Waals surface area contributed by atoms with Gasteiger partial charge in [0.05, 0.1) is 0 Å². The second-order valence-electron chi connectivity index (χ2n) is 5.19. The van der Waals surface area contributed by atoms with Gasteiger partial charge in [-0.3, -0.25) is 0 Å². The molecule has 1 aliphatic rings. The maximum atomic E-state index is 5.49. The van der Waals surface area contributed by atoms with Gasteiger partial charge in [-0.15, -0.1) is 0 Å². The fraction of sp³-hybridized carbons (Fsp3) is 0.625. The van der Waals surface area contributed by atoms with E-state index in [1.54, 1.807) is 0 Å². The monoisotopic (exact) mass is 247 g/mol. The Hall–Kier alpha value is -1.02. The molecule has 1 atom stereocenters. The highest BCUT2D eigenvalue weighted by atomic mass is 16.5. The smallest absolute Gasteiger partial charge is 0.0485 e. The van der Waals surface area contributed by atoms with Crippen molar-refractivity contribution in [2.24, 2.45) is 0 Å². The number of hydrogen-bond acceptors (Lipinski definition) is 2. The minimum atomic E-state index is 0.578. The van der Waals surface area contributed by atoms with Crippen molar-refractivity contribution >= 4 is 5.69 Å². The molecule has 2 rings (SSSR count). The first-order valence-electron chi connectivity index (χ1n) is 7.31. The van der Waals surface area contributed by atoms with Crippen LogP contribution in [0.1, 0.15) is 44.6 Å². The van der Waals surface area contributed by atoms with Crippen molar-refractivity contribution in [2.45, 2.75) is 51.5 Å². The lowest BCUT2D eigenvalue weighted by molar-refractivity contribution is 0.144. The molecule has 100 valence electrons. The number of nitrogens with one attached hydrogen (secondary N) is 1. The molecule has 0 amide bonds. The number of anilines is 1. The number of benzene rings is 1. The van der Waals surface area contributed by atoms with E-state index in [0.29, 0.717) is 6.04 Å². The zero-order chi connectivity index (χ0) is 12.6. The van der Waals surface area contributed by atoms with Gasteiger partial charge in [0.25, 0.3) is 0 Å². The van der Waals surface area contributed by atoms with Crippen LogP contribution < -0.4 is 5.32 Å². The molecule has 0 radical (unpaired) electrons. The average molecular weight is 247 g/mol. The Bertz CT molecular complexity index is 325. The van der Waals surface area contributed by atoms with Gasteiger partial charge in [-0.2, -0.15) is 0 Å². The highest BCUT2D eigenvalue weighted by Crippen LogP contribution is 2.17. The second-order valence-corrected chi connectivity index (χ2v) is 5.19. The largest absolute Gasteiger partial charge is 0.382 e. The van der Waals surface area contributed by atoms with E-state index in [0.717, 1.165) is 19.6 Å². The Balaban J connectivity index is 1.84. The maximum Gasteiger partial charge on any atom is 0.0485 e. The second kappa shape index (κ2) is 7.42.